The highest BCUT2D eigenvalue weighted by molar-refractivity contribution is 6.30. The summed E-state index contributed by atoms with van der Waals surface area (Å²) in [6.45, 7) is -0.139. The van der Waals surface area contributed by atoms with E-state index in [2.05, 4.69) is 10.1 Å². The fourth-order valence-corrected chi connectivity index (χ4v) is 1.16. The van der Waals surface area contributed by atoms with Crippen molar-refractivity contribution in [3.63, 3.8) is 0 Å². The second-order valence-electron chi connectivity index (χ2n) is 3.18. The minimum atomic E-state index is -0.488. The van der Waals surface area contributed by atoms with Crippen molar-refractivity contribution >= 4 is 29.6 Å². The van der Waals surface area contributed by atoms with Crippen LogP contribution in [0.5, 0.6) is 0 Å². The van der Waals surface area contributed by atoms with Gasteiger partial charge in [0.2, 0.25) is 5.91 Å². The minimum Gasteiger partial charge on any atom is -0.468 e. The molecule has 1 N–H and O–H groups in total. The van der Waals surface area contributed by atoms with Crippen molar-refractivity contribution in [3.8, 4) is 0 Å². The molecule has 90 valence electrons. The van der Waals surface area contributed by atoms with Crippen molar-refractivity contribution in [3.05, 3.63) is 40.9 Å². The molecular weight excluding hydrogens is 242 g/mol. The lowest BCUT2D eigenvalue weighted by atomic mass is 10.2. The van der Waals surface area contributed by atoms with Gasteiger partial charge in [-0.1, -0.05) is 23.7 Å². The van der Waals surface area contributed by atoms with E-state index in [9.17, 15) is 9.59 Å². The first-order chi connectivity index (χ1) is 8.11. The standard InChI is InChI=1S/C12H12ClNO3/c1-17-12(16)8-14-11(15)7-4-9-2-5-10(13)6-3-9/h2-7H,8H2,1H3,(H,14,15). The Balaban J connectivity index is 2.45. The lowest BCUT2D eigenvalue weighted by Crippen LogP contribution is -2.28. The Kier molecular flexibility index (Phi) is 5.23. The van der Waals surface area contributed by atoms with E-state index >= 15 is 0 Å². The van der Waals surface area contributed by atoms with Crippen molar-refractivity contribution in [1.82, 2.24) is 5.32 Å². The van der Waals surface area contributed by atoms with Gasteiger partial charge in [0.15, 0.2) is 0 Å². The second kappa shape index (κ2) is 6.70. The number of halogens is 1. The molecule has 0 atom stereocenters. The van der Waals surface area contributed by atoms with Crippen molar-refractivity contribution in [2.45, 2.75) is 0 Å². The number of benzene rings is 1. The Morgan fingerprint density at radius 3 is 2.59 bits per heavy atom. The van der Waals surface area contributed by atoms with Crippen LogP contribution in [-0.4, -0.2) is 25.5 Å². The van der Waals surface area contributed by atoms with Gasteiger partial charge < -0.3 is 10.1 Å². The van der Waals surface area contributed by atoms with Gasteiger partial charge in [0, 0.05) is 11.1 Å². The molecule has 0 saturated heterocycles. The molecule has 0 aromatic heterocycles. The Labute approximate surface area is 104 Å². The van der Waals surface area contributed by atoms with E-state index in [1.807, 2.05) is 0 Å². The fraction of sp³-hybridized carbons (Fsp3) is 0.167. The predicted molar refractivity (Wildman–Crippen MR) is 65.5 cm³/mol. The van der Waals surface area contributed by atoms with Crippen LogP contribution in [-0.2, 0) is 14.3 Å². The van der Waals surface area contributed by atoms with Crippen LogP contribution in [0, 0.1) is 0 Å². The van der Waals surface area contributed by atoms with Crippen LogP contribution in [0.3, 0.4) is 0 Å². The molecular formula is C12H12ClNO3. The van der Waals surface area contributed by atoms with E-state index < -0.39 is 5.97 Å². The van der Waals surface area contributed by atoms with E-state index in [4.69, 9.17) is 11.6 Å². The Morgan fingerprint density at radius 1 is 1.35 bits per heavy atom. The molecule has 0 heterocycles. The van der Waals surface area contributed by atoms with Gasteiger partial charge in [-0.05, 0) is 23.8 Å². The van der Waals surface area contributed by atoms with E-state index in [0.29, 0.717) is 5.02 Å². The Morgan fingerprint density at radius 2 is 2.00 bits per heavy atom. The molecule has 1 aromatic rings. The maximum absolute atomic E-state index is 11.3. The highest BCUT2D eigenvalue weighted by Gasteiger charge is 2.01. The second-order valence-corrected chi connectivity index (χ2v) is 3.62. The number of hydrogen-bond donors (Lipinski definition) is 1. The first kappa shape index (κ1) is 13.3. The van der Waals surface area contributed by atoms with Gasteiger partial charge in [-0.3, -0.25) is 9.59 Å². The Hall–Kier alpha value is -1.81. The quantitative estimate of drug-likeness (QED) is 0.656. The molecule has 0 fully saturated rings. The van der Waals surface area contributed by atoms with Crippen LogP contribution in [0.1, 0.15) is 5.56 Å². The zero-order valence-corrected chi connectivity index (χ0v) is 10.0. The van der Waals surface area contributed by atoms with Gasteiger partial charge in [0.05, 0.1) is 7.11 Å². The number of rotatable bonds is 4. The summed E-state index contributed by atoms with van der Waals surface area (Å²) in [5.41, 5.74) is 0.850. The third-order valence-electron chi connectivity index (χ3n) is 1.93. The number of carbonyl (C=O) groups excluding carboxylic acids is 2. The Bertz CT molecular complexity index is 426. The molecule has 0 saturated carbocycles. The average Bonchev–Trinajstić information content (AvgIpc) is 2.35. The summed E-state index contributed by atoms with van der Waals surface area (Å²) in [7, 11) is 1.26. The molecule has 0 bridgehead atoms. The van der Waals surface area contributed by atoms with Gasteiger partial charge in [-0.15, -0.1) is 0 Å². The van der Waals surface area contributed by atoms with Gasteiger partial charge in [0.1, 0.15) is 6.54 Å². The maximum Gasteiger partial charge on any atom is 0.325 e. The maximum atomic E-state index is 11.3. The van der Waals surface area contributed by atoms with Crippen LogP contribution in [0.25, 0.3) is 6.08 Å². The summed E-state index contributed by atoms with van der Waals surface area (Å²) in [6, 6.07) is 7.03. The van der Waals surface area contributed by atoms with Crippen LogP contribution in [0.2, 0.25) is 5.02 Å². The molecule has 5 heteroatoms. The van der Waals surface area contributed by atoms with Gasteiger partial charge in [-0.2, -0.15) is 0 Å². The van der Waals surface area contributed by atoms with E-state index in [-0.39, 0.29) is 12.5 Å². The van der Waals surface area contributed by atoms with Crippen LogP contribution >= 0.6 is 11.6 Å². The number of carbonyl (C=O) groups is 2. The smallest absolute Gasteiger partial charge is 0.325 e. The monoisotopic (exact) mass is 253 g/mol. The molecule has 17 heavy (non-hydrogen) atoms. The summed E-state index contributed by atoms with van der Waals surface area (Å²) in [5.74, 6) is -0.844. The summed E-state index contributed by atoms with van der Waals surface area (Å²) in [6.07, 6.45) is 2.97. The first-order valence-electron chi connectivity index (χ1n) is 4.90. The van der Waals surface area contributed by atoms with E-state index in [1.54, 1.807) is 30.3 Å². The molecule has 0 radical (unpaired) electrons. The zero-order valence-electron chi connectivity index (χ0n) is 9.27. The first-order valence-corrected chi connectivity index (χ1v) is 5.28. The molecule has 0 aliphatic rings. The summed E-state index contributed by atoms with van der Waals surface area (Å²) in [5, 5.41) is 3.03. The van der Waals surface area contributed by atoms with Crippen LogP contribution in [0.4, 0.5) is 0 Å². The normalized spacial score (nSPS) is 10.2. The SMILES string of the molecule is COC(=O)CNC(=O)C=Cc1ccc(Cl)cc1. The number of amides is 1. The number of esters is 1. The van der Waals surface area contributed by atoms with Crippen molar-refractivity contribution < 1.29 is 14.3 Å². The molecule has 0 unspecified atom stereocenters. The van der Waals surface area contributed by atoms with Crippen LogP contribution < -0.4 is 5.32 Å². The summed E-state index contributed by atoms with van der Waals surface area (Å²) in [4.78, 5) is 22.0. The zero-order chi connectivity index (χ0) is 12.7. The lowest BCUT2D eigenvalue weighted by molar-refractivity contribution is -0.140. The fourth-order valence-electron chi connectivity index (χ4n) is 1.04. The number of hydrogen-bond acceptors (Lipinski definition) is 3. The third kappa shape index (κ3) is 5.17. The molecule has 1 rings (SSSR count). The predicted octanol–water partition coefficient (Wildman–Crippen LogP) is 1.64. The molecule has 0 spiro atoms. The van der Waals surface area contributed by atoms with E-state index in [1.165, 1.54) is 13.2 Å². The number of methoxy groups -OCH3 is 1. The highest BCUT2D eigenvalue weighted by Crippen LogP contribution is 2.10. The lowest BCUT2D eigenvalue weighted by Gasteiger charge is -1.99. The number of ether oxygens (including phenoxy) is 1. The van der Waals surface area contributed by atoms with Crippen molar-refractivity contribution in [1.29, 1.82) is 0 Å². The average molecular weight is 254 g/mol. The van der Waals surface area contributed by atoms with Gasteiger partial charge >= 0.3 is 5.97 Å². The van der Waals surface area contributed by atoms with Crippen LogP contribution in [0.15, 0.2) is 30.3 Å². The topological polar surface area (TPSA) is 55.4 Å². The van der Waals surface area contributed by atoms with Gasteiger partial charge in [0.25, 0.3) is 0 Å². The molecule has 0 aliphatic carbocycles. The number of nitrogens with one attached hydrogen (secondary N) is 1. The van der Waals surface area contributed by atoms with Gasteiger partial charge in [-0.25, -0.2) is 0 Å². The van der Waals surface area contributed by atoms with E-state index in [0.717, 1.165) is 5.56 Å². The molecule has 4 nitrogen and oxygen atoms in total. The summed E-state index contributed by atoms with van der Waals surface area (Å²) >= 11 is 5.72. The molecule has 1 aromatic carbocycles. The summed E-state index contributed by atoms with van der Waals surface area (Å²) < 4.78 is 4.38. The van der Waals surface area contributed by atoms with Crippen molar-refractivity contribution in [2.24, 2.45) is 0 Å². The molecule has 1 amide bonds. The highest BCUT2D eigenvalue weighted by atomic mass is 35.5. The molecule has 0 aliphatic heterocycles. The minimum absolute atomic E-state index is 0.139. The third-order valence-corrected chi connectivity index (χ3v) is 2.18. The largest absolute Gasteiger partial charge is 0.468 e. The van der Waals surface area contributed by atoms with Crippen molar-refractivity contribution in [2.75, 3.05) is 13.7 Å².